The van der Waals surface area contributed by atoms with E-state index in [9.17, 15) is 4.79 Å². The van der Waals surface area contributed by atoms with Crippen molar-refractivity contribution >= 4 is 22.6 Å². The number of carboxylic acids is 1. The average Bonchev–Trinajstić information content (AvgIpc) is 2.26. The van der Waals surface area contributed by atoms with Crippen molar-refractivity contribution in [2.24, 2.45) is 0 Å². The van der Waals surface area contributed by atoms with E-state index in [2.05, 4.69) is 4.98 Å². The van der Waals surface area contributed by atoms with Crippen LogP contribution in [0.1, 0.15) is 16.1 Å². The molecule has 0 atom stereocenters. The van der Waals surface area contributed by atoms with Crippen LogP contribution in [0.2, 0.25) is 0 Å². The number of hydrogen-bond donors (Lipinski definition) is 1. The van der Waals surface area contributed by atoms with Gasteiger partial charge in [0.25, 0.3) is 0 Å². The number of aromatic nitrogens is 1. The molecule has 0 saturated heterocycles. The Morgan fingerprint density at radius 2 is 2.00 bits per heavy atom. The summed E-state index contributed by atoms with van der Waals surface area (Å²) in [5.74, 6) is -0.929. The van der Waals surface area contributed by atoms with E-state index in [1.165, 1.54) is 0 Å². The van der Waals surface area contributed by atoms with Gasteiger partial charge in [0.1, 0.15) is 0 Å². The highest BCUT2D eigenvalue weighted by molar-refractivity contribution is 5.97. The summed E-state index contributed by atoms with van der Waals surface area (Å²) < 4.78 is 0. The van der Waals surface area contributed by atoms with Gasteiger partial charge >= 0.3 is 5.97 Å². The van der Waals surface area contributed by atoms with E-state index >= 15 is 0 Å². The highest BCUT2D eigenvalue weighted by atomic mass is 16.4. The number of aryl methyl sites for hydroxylation is 1. The van der Waals surface area contributed by atoms with E-state index in [0.29, 0.717) is 5.52 Å². The van der Waals surface area contributed by atoms with E-state index in [4.69, 9.17) is 5.11 Å². The molecule has 0 aliphatic heterocycles. The quantitative estimate of drug-likeness (QED) is 0.860. The van der Waals surface area contributed by atoms with Crippen LogP contribution >= 0.6 is 0 Å². The van der Waals surface area contributed by atoms with Crippen molar-refractivity contribution < 1.29 is 9.90 Å². The highest BCUT2D eigenvalue weighted by Crippen LogP contribution is 2.26. The van der Waals surface area contributed by atoms with Gasteiger partial charge in [0.05, 0.1) is 11.1 Å². The van der Waals surface area contributed by atoms with E-state index in [1.54, 1.807) is 18.2 Å². The third-order valence-electron chi connectivity index (χ3n) is 2.64. The molecule has 0 radical (unpaired) electrons. The summed E-state index contributed by atoms with van der Waals surface area (Å²) in [6.07, 6.45) is 0. The van der Waals surface area contributed by atoms with Gasteiger partial charge in [0.2, 0.25) is 0 Å². The van der Waals surface area contributed by atoms with Gasteiger partial charge in [-0.2, -0.15) is 0 Å². The van der Waals surface area contributed by atoms with E-state index < -0.39 is 5.97 Å². The van der Waals surface area contributed by atoms with Crippen molar-refractivity contribution in [1.82, 2.24) is 4.98 Å². The lowest BCUT2D eigenvalue weighted by molar-refractivity contribution is 0.0697. The number of fused-ring (bicyclic) bond motifs is 1. The highest BCUT2D eigenvalue weighted by Gasteiger charge is 2.09. The predicted octanol–water partition coefficient (Wildman–Crippen LogP) is 2.31. The monoisotopic (exact) mass is 230 g/mol. The smallest absolute Gasteiger partial charge is 0.335 e. The summed E-state index contributed by atoms with van der Waals surface area (Å²) in [5.41, 5.74) is 2.90. The maximum Gasteiger partial charge on any atom is 0.335 e. The van der Waals surface area contributed by atoms with Crippen molar-refractivity contribution in [3.8, 4) is 0 Å². The van der Waals surface area contributed by atoms with Crippen LogP contribution in [0.25, 0.3) is 10.9 Å². The first kappa shape index (κ1) is 11.4. The van der Waals surface area contributed by atoms with Crippen LogP contribution in [0.5, 0.6) is 0 Å². The average molecular weight is 230 g/mol. The maximum absolute atomic E-state index is 10.9. The number of pyridine rings is 1. The van der Waals surface area contributed by atoms with Gasteiger partial charge in [-0.1, -0.05) is 0 Å². The molecule has 0 bridgehead atoms. The summed E-state index contributed by atoms with van der Waals surface area (Å²) in [6, 6.07) is 7.01. The lowest BCUT2D eigenvalue weighted by atomic mass is 10.1. The molecular formula is C13H14N2O2. The van der Waals surface area contributed by atoms with Gasteiger partial charge in [-0.3, -0.25) is 4.98 Å². The van der Waals surface area contributed by atoms with Crippen LogP contribution in [0.15, 0.2) is 24.3 Å². The van der Waals surface area contributed by atoms with Crippen molar-refractivity contribution in [1.29, 1.82) is 0 Å². The number of carboxylic acid groups (broad SMARTS) is 1. The van der Waals surface area contributed by atoms with Crippen LogP contribution in [-0.4, -0.2) is 30.2 Å². The fourth-order valence-electron chi connectivity index (χ4n) is 1.84. The SMILES string of the molecule is Cc1cc(N(C)C)c2ccc(C(=O)O)cc2n1. The molecule has 0 aliphatic rings. The minimum absolute atomic E-state index is 0.264. The van der Waals surface area contributed by atoms with Crippen molar-refractivity contribution in [2.45, 2.75) is 6.92 Å². The van der Waals surface area contributed by atoms with Gasteiger partial charge in [0, 0.05) is 30.9 Å². The molecule has 0 spiro atoms. The molecule has 4 heteroatoms. The second-order valence-electron chi connectivity index (χ2n) is 4.21. The minimum atomic E-state index is -0.929. The largest absolute Gasteiger partial charge is 0.478 e. The first-order chi connectivity index (χ1) is 7.99. The molecular weight excluding hydrogens is 216 g/mol. The topological polar surface area (TPSA) is 53.4 Å². The van der Waals surface area contributed by atoms with Crippen LogP contribution in [0.3, 0.4) is 0 Å². The molecule has 2 rings (SSSR count). The number of benzene rings is 1. The molecule has 1 aromatic carbocycles. The number of rotatable bonds is 2. The predicted molar refractivity (Wildman–Crippen MR) is 67.8 cm³/mol. The number of nitrogens with zero attached hydrogens (tertiary/aromatic N) is 2. The summed E-state index contributed by atoms with van der Waals surface area (Å²) in [6.45, 7) is 1.90. The number of aromatic carboxylic acids is 1. The molecule has 1 aromatic heterocycles. The fraction of sp³-hybridized carbons (Fsp3) is 0.231. The molecule has 0 saturated carbocycles. The first-order valence-electron chi connectivity index (χ1n) is 5.31. The molecule has 0 amide bonds. The van der Waals surface area contributed by atoms with Gasteiger partial charge in [-0.15, -0.1) is 0 Å². The fourth-order valence-corrected chi connectivity index (χ4v) is 1.84. The van der Waals surface area contributed by atoms with Crippen molar-refractivity contribution in [3.05, 3.63) is 35.5 Å². The zero-order chi connectivity index (χ0) is 12.6. The van der Waals surface area contributed by atoms with Gasteiger partial charge in [-0.05, 0) is 31.2 Å². The number of hydrogen-bond acceptors (Lipinski definition) is 3. The normalized spacial score (nSPS) is 10.5. The molecule has 4 nitrogen and oxygen atoms in total. The maximum atomic E-state index is 10.9. The molecule has 2 aromatic rings. The standard InChI is InChI=1S/C13H14N2O2/c1-8-6-12(15(2)3)10-5-4-9(13(16)17)7-11(10)14-8/h4-7H,1-3H3,(H,16,17). The van der Waals surface area contributed by atoms with E-state index in [-0.39, 0.29) is 5.56 Å². The number of carbonyl (C=O) groups is 1. The molecule has 0 unspecified atom stereocenters. The Balaban J connectivity index is 2.75. The summed E-state index contributed by atoms with van der Waals surface area (Å²) >= 11 is 0. The van der Waals surface area contributed by atoms with Crippen molar-refractivity contribution in [3.63, 3.8) is 0 Å². The van der Waals surface area contributed by atoms with Gasteiger partial charge in [0.15, 0.2) is 0 Å². The Bertz CT molecular complexity index is 591. The number of anilines is 1. The zero-order valence-corrected chi connectivity index (χ0v) is 10.1. The Kier molecular flexibility index (Phi) is 2.71. The molecule has 1 heterocycles. The molecule has 0 fully saturated rings. The third-order valence-corrected chi connectivity index (χ3v) is 2.64. The molecule has 88 valence electrons. The van der Waals surface area contributed by atoms with Crippen molar-refractivity contribution in [2.75, 3.05) is 19.0 Å². The minimum Gasteiger partial charge on any atom is -0.478 e. The summed E-state index contributed by atoms with van der Waals surface area (Å²) in [5, 5.41) is 9.92. The van der Waals surface area contributed by atoms with Crippen LogP contribution in [-0.2, 0) is 0 Å². The Labute approximate surface area is 99.5 Å². The summed E-state index contributed by atoms with van der Waals surface area (Å²) in [4.78, 5) is 17.3. The lowest BCUT2D eigenvalue weighted by Crippen LogP contribution is -2.10. The second-order valence-corrected chi connectivity index (χ2v) is 4.21. The van der Waals surface area contributed by atoms with Crippen LogP contribution in [0.4, 0.5) is 5.69 Å². The van der Waals surface area contributed by atoms with E-state index in [0.717, 1.165) is 16.8 Å². The van der Waals surface area contributed by atoms with E-state index in [1.807, 2.05) is 32.0 Å². The van der Waals surface area contributed by atoms with Crippen LogP contribution < -0.4 is 4.90 Å². The lowest BCUT2D eigenvalue weighted by Gasteiger charge is -2.16. The third kappa shape index (κ3) is 2.06. The molecule has 17 heavy (non-hydrogen) atoms. The molecule has 0 aliphatic carbocycles. The zero-order valence-electron chi connectivity index (χ0n) is 10.1. The van der Waals surface area contributed by atoms with Gasteiger partial charge in [-0.25, -0.2) is 4.79 Å². The Morgan fingerprint density at radius 3 is 2.59 bits per heavy atom. The Hall–Kier alpha value is -2.10. The second kappa shape index (κ2) is 4.05. The molecule has 1 N–H and O–H groups in total. The first-order valence-corrected chi connectivity index (χ1v) is 5.31. The van der Waals surface area contributed by atoms with Crippen LogP contribution in [0, 0.1) is 6.92 Å². The summed E-state index contributed by atoms with van der Waals surface area (Å²) in [7, 11) is 3.92. The van der Waals surface area contributed by atoms with Gasteiger partial charge < -0.3 is 10.0 Å². The Morgan fingerprint density at radius 1 is 1.29 bits per heavy atom.